The van der Waals surface area contributed by atoms with E-state index in [2.05, 4.69) is 10.3 Å². The third-order valence-electron chi connectivity index (χ3n) is 3.40. The number of carboxylic acid groups (broad SMARTS) is 1. The maximum absolute atomic E-state index is 13.6. The molecule has 0 bridgehead atoms. The SMILES string of the molecule is O=C(O)c1ccc(NCc2cccc3cccnc23)cc1F. The highest BCUT2D eigenvalue weighted by atomic mass is 19.1. The van der Waals surface area contributed by atoms with Crippen LogP contribution in [0.15, 0.2) is 54.7 Å². The number of para-hydroxylation sites is 1. The number of fused-ring (bicyclic) bond motifs is 1. The lowest BCUT2D eigenvalue weighted by Gasteiger charge is -2.09. The summed E-state index contributed by atoms with van der Waals surface area (Å²) in [5.74, 6) is -2.03. The Bertz CT molecular complexity index is 844. The Kier molecular flexibility index (Phi) is 3.70. The number of rotatable bonds is 4. The highest BCUT2D eigenvalue weighted by Gasteiger charge is 2.10. The normalized spacial score (nSPS) is 10.6. The summed E-state index contributed by atoms with van der Waals surface area (Å²) in [6.45, 7) is 0.472. The second kappa shape index (κ2) is 5.81. The number of carboxylic acids is 1. The number of benzene rings is 2. The number of aromatic carboxylic acids is 1. The second-order valence-corrected chi connectivity index (χ2v) is 4.85. The molecule has 3 aromatic rings. The van der Waals surface area contributed by atoms with Gasteiger partial charge in [0.25, 0.3) is 0 Å². The van der Waals surface area contributed by atoms with Crippen molar-refractivity contribution < 1.29 is 14.3 Å². The molecule has 3 rings (SSSR count). The summed E-state index contributed by atoms with van der Waals surface area (Å²) in [4.78, 5) is 15.1. The van der Waals surface area contributed by atoms with Crippen LogP contribution in [0.2, 0.25) is 0 Å². The lowest BCUT2D eigenvalue weighted by atomic mass is 10.1. The molecule has 0 fully saturated rings. The molecule has 1 aromatic heterocycles. The van der Waals surface area contributed by atoms with Gasteiger partial charge < -0.3 is 10.4 Å². The van der Waals surface area contributed by atoms with Gasteiger partial charge in [0.05, 0.1) is 11.1 Å². The summed E-state index contributed by atoms with van der Waals surface area (Å²) in [6, 6.07) is 13.7. The Morgan fingerprint density at radius 3 is 2.77 bits per heavy atom. The van der Waals surface area contributed by atoms with Gasteiger partial charge in [0, 0.05) is 23.8 Å². The zero-order valence-corrected chi connectivity index (χ0v) is 11.6. The quantitative estimate of drug-likeness (QED) is 0.771. The van der Waals surface area contributed by atoms with Gasteiger partial charge in [-0.2, -0.15) is 0 Å². The average Bonchev–Trinajstić information content (AvgIpc) is 2.52. The number of aromatic nitrogens is 1. The van der Waals surface area contributed by atoms with Gasteiger partial charge >= 0.3 is 5.97 Å². The molecule has 4 nitrogen and oxygen atoms in total. The number of halogens is 1. The lowest BCUT2D eigenvalue weighted by molar-refractivity contribution is 0.0692. The fourth-order valence-corrected chi connectivity index (χ4v) is 2.31. The monoisotopic (exact) mass is 296 g/mol. The van der Waals surface area contributed by atoms with E-state index in [1.54, 1.807) is 12.3 Å². The zero-order chi connectivity index (χ0) is 15.5. The third-order valence-corrected chi connectivity index (χ3v) is 3.40. The molecule has 1 heterocycles. The number of nitrogens with one attached hydrogen (secondary N) is 1. The van der Waals surface area contributed by atoms with Gasteiger partial charge in [-0.3, -0.25) is 4.98 Å². The van der Waals surface area contributed by atoms with E-state index in [1.165, 1.54) is 12.1 Å². The summed E-state index contributed by atoms with van der Waals surface area (Å²) in [5.41, 5.74) is 2.06. The number of nitrogens with zero attached hydrogens (tertiary/aromatic N) is 1. The van der Waals surface area contributed by atoms with Crippen LogP contribution in [0.1, 0.15) is 15.9 Å². The summed E-state index contributed by atoms with van der Waals surface area (Å²) < 4.78 is 13.6. The summed E-state index contributed by atoms with van der Waals surface area (Å²) in [7, 11) is 0. The second-order valence-electron chi connectivity index (χ2n) is 4.85. The standard InChI is InChI=1S/C17H13FN2O2/c18-15-9-13(6-7-14(15)17(21)22)20-10-12-4-1-3-11-5-2-8-19-16(11)12/h1-9,20H,10H2,(H,21,22). The van der Waals surface area contributed by atoms with E-state index in [9.17, 15) is 9.18 Å². The minimum atomic E-state index is -1.28. The van der Waals surface area contributed by atoms with Crippen LogP contribution in [-0.4, -0.2) is 16.1 Å². The Morgan fingerprint density at radius 1 is 1.18 bits per heavy atom. The molecule has 110 valence electrons. The molecular formula is C17H13FN2O2. The molecule has 5 heteroatoms. The first-order chi connectivity index (χ1) is 10.6. The smallest absolute Gasteiger partial charge is 0.338 e. The van der Waals surface area contributed by atoms with Gasteiger partial charge in [0.1, 0.15) is 5.82 Å². The maximum atomic E-state index is 13.6. The fraction of sp³-hybridized carbons (Fsp3) is 0.0588. The highest BCUT2D eigenvalue weighted by Crippen LogP contribution is 2.19. The maximum Gasteiger partial charge on any atom is 0.338 e. The van der Waals surface area contributed by atoms with E-state index in [0.29, 0.717) is 12.2 Å². The molecule has 2 N–H and O–H groups in total. The van der Waals surface area contributed by atoms with Crippen LogP contribution in [0.25, 0.3) is 10.9 Å². The van der Waals surface area contributed by atoms with E-state index < -0.39 is 11.8 Å². The van der Waals surface area contributed by atoms with Crippen LogP contribution >= 0.6 is 0 Å². The van der Waals surface area contributed by atoms with E-state index in [0.717, 1.165) is 16.5 Å². The molecule has 22 heavy (non-hydrogen) atoms. The Labute approximate surface area is 126 Å². The molecule has 0 atom stereocenters. The van der Waals surface area contributed by atoms with Crippen molar-refractivity contribution in [3.05, 3.63) is 71.7 Å². The summed E-state index contributed by atoms with van der Waals surface area (Å²) in [6.07, 6.45) is 1.73. The number of pyridine rings is 1. The summed E-state index contributed by atoms with van der Waals surface area (Å²) in [5, 5.41) is 12.9. The largest absolute Gasteiger partial charge is 0.478 e. The highest BCUT2D eigenvalue weighted by molar-refractivity contribution is 5.88. The number of hydrogen-bond acceptors (Lipinski definition) is 3. The van der Waals surface area contributed by atoms with Crippen LogP contribution in [0.5, 0.6) is 0 Å². The Hall–Kier alpha value is -2.95. The molecule has 0 unspecified atom stereocenters. The van der Waals surface area contributed by atoms with E-state index in [4.69, 9.17) is 5.11 Å². The van der Waals surface area contributed by atoms with Crippen molar-refractivity contribution in [2.24, 2.45) is 0 Å². The van der Waals surface area contributed by atoms with Crippen LogP contribution in [-0.2, 0) is 6.54 Å². The molecule has 2 aromatic carbocycles. The first kappa shape index (κ1) is 14.0. The van der Waals surface area contributed by atoms with Crippen molar-refractivity contribution in [2.75, 3.05) is 5.32 Å². The van der Waals surface area contributed by atoms with Crippen LogP contribution < -0.4 is 5.32 Å². The van der Waals surface area contributed by atoms with Crippen molar-refractivity contribution in [1.82, 2.24) is 4.98 Å². The average molecular weight is 296 g/mol. The Morgan fingerprint density at radius 2 is 2.00 bits per heavy atom. The van der Waals surface area contributed by atoms with E-state index >= 15 is 0 Å². The zero-order valence-electron chi connectivity index (χ0n) is 11.6. The predicted octanol–water partition coefficient (Wildman–Crippen LogP) is 3.68. The molecule has 0 saturated carbocycles. The molecule has 0 saturated heterocycles. The summed E-state index contributed by atoms with van der Waals surface area (Å²) >= 11 is 0. The van der Waals surface area contributed by atoms with Crippen molar-refractivity contribution in [2.45, 2.75) is 6.54 Å². The van der Waals surface area contributed by atoms with Crippen LogP contribution in [0.3, 0.4) is 0 Å². The van der Waals surface area contributed by atoms with Gasteiger partial charge in [-0.05, 0) is 29.8 Å². The molecule has 0 amide bonds. The van der Waals surface area contributed by atoms with Crippen molar-refractivity contribution >= 4 is 22.6 Å². The lowest BCUT2D eigenvalue weighted by Crippen LogP contribution is -2.04. The topological polar surface area (TPSA) is 62.2 Å². The predicted molar refractivity (Wildman–Crippen MR) is 82.4 cm³/mol. The molecule has 0 aliphatic heterocycles. The van der Waals surface area contributed by atoms with Crippen molar-refractivity contribution in [1.29, 1.82) is 0 Å². The molecule has 0 radical (unpaired) electrons. The van der Waals surface area contributed by atoms with Crippen LogP contribution in [0, 0.1) is 5.82 Å². The van der Waals surface area contributed by atoms with Crippen molar-refractivity contribution in [3.8, 4) is 0 Å². The first-order valence-electron chi connectivity index (χ1n) is 6.74. The molecular weight excluding hydrogens is 283 g/mol. The number of hydrogen-bond donors (Lipinski definition) is 2. The molecule has 0 aliphatic carbocycles. The molecule has 0 aliphatic rings. The van der Waals surface area contributed by atoms with Crippen LogP contribution in [0.4, 0.5) is 10.1 Å². The third kappa shape index (κ3) is 2.74. The number of carbonyl (C=O) groups is 1. The van der Waals surface area contributed by atoms with Gasteiger partial charge in [-0.15, -0.1) is 0 Å². The van der Waals surface area contributed by atoms with Gasteiger partial charge in [0.15, 0.2) is 0 Å². The van der Waals surface area contributed by atoms with Gasteiger partial charge in [-0.1, -0.05) is 24.3 Å². The Balaban J connectivity index is 1.82. The van der Waals surface area contributed by atoms with Crippen molar-refractivity contribution in [3.63, 3.8) is 0 Å². The van der Waals surface area contributed by atoms with Gasteiger partial charge in [-0.25, -0.2) is 9.18 Å². The van der Waals surface area contributed by atoms with E-state index in [-0.39, 0.29) is 5.56 Å². The molecule has 0 spiro atoms. The van der Waals surface area contributed by atoms with Gasteiger partial charge in [0.2, 0.25) is 0 Å². The number of anilines is 1. The fourth-order valence-electron chi connectivity index (χ4n) is 2.31. The minimum absolute atomic E-state index is 0.336. The van der Waals surface area contributed by atoms with E-state index in [1.807, 2.05) is 30.3 Å². The first-order valence-corrected chi connectivity index (χ1v) is 6.74. The minimum Gasteiger partial charge on any atom is -0.478 e.